The second-order valence-corrected chi connectivity index (χ2v) is 9.07. The van der Waals surface area contributed by atoms with Crippen molar-refractivity contribution in [1.82, 2.24) is 14.8 Å². The molecule has 0 fully saturated rings. The van der Waals surface area contributed by atoms with Gasteiger partial charge in [0.1, 0.15) is 17.5 Å². The van der Waals surface area contributed by atoms with Gasteiger partial charge < -0.3 is 25.0 Å². The van der Waals surface area contributed by atoms with Crippen molar-refractivity contribution in [2.75, 3.05) is 32.1 Å². The van der Waals surface area contributed by atoms with Crippen LogP contribution in [0.2, 0.25) is 0 Å². The molecule has 0 saturated carbocycles. The largest absolute Gasteiger partial charge is 0.472 e. The number of halogens is 1. The lowest BCUT2D eigenvalue weighted by Crippen LogP contribution is -2.50. The Labute approximate surface area is 211 Å². The van der Waals surface area contributed by atoms with E-state index in [1.807, 2.05) is 13.8 Å². The predicted molar refractivity (Wildman–Crippen MR) is 135 cm³/mol. The van der Waals surface area contributed by atoms with E-state index in [1.165, 1.54) is 23.1 Å². The van der Waals surface area contributed by atoms with Crippen LogP contribution in [0.4, 0.5) is 14.9 Å². The number of carbonyl (C=O) groups is 2. The van der Waals surface area contributed by atoms with Crippen molar-refractivity contribution >= 4 is 17.6 Å². The third-order valence-electron chi connectivity index (χ3n) is 6.01. The van der Waals surface area contributed by atoms with E-state index in [1.54, 1.807) is 37.2 Å². The number of hydrogen-bond donors (Lipinski definition) is 2. The number of pyridine rings is 1. The molecule has 0 spiro atoms. The summed E-state index contributed by atoms with van der Waals surface area (Å²) in [7, 11) is 1.61. The van der Waals surface area contributed by atoms with E-state index in [4.69, 9.17) is 4.74 Å². The number of aliphatic hydroxyl groups is 1. The second kappa shape index (κ2) is 12.4. The molecule has 8 nitrogen and oxygen atoms in total. The number of urea groups is 1. The van der Waals surface area contributed by atoms with E-state index in [9.17, 15) is 19.1 Å². The lowest BCUT2D eigenvalue weighted by Gasteiger charge is -2.37. The predicted octanol–water partition coefficient (Wildman–Crippen LogP) is 3.76. The van der Waals surface area contributed by atoms with Crippen molar-refractivity contribution < 1.29 is 23.8 Å². The molecule has 2 N–H and O–H groups in total. The van der Waals surface area contributed by atoms with Crippen LogP contribution in [-0.2, 0) is 0 Å². The van der Waals surface area contributed by atoms with E-state index in [0.717, 1.165) is 12.8 Å². The number of aromatic nitrogens is 1. The highest BCUT2D eigenvalue weighted by molar-refractivity contribution is 5.97. The van der Waals surface area contributed by atoms with Gasteiger partial charge in [-0.1, -0.05) is 31.8 Å². The Morgan fingerprint density at radius 3 is 2.89 bits per heavy atom. The normalized spacial score (nSPS) is 18.1. The Bertz CT molecular complexity index is 1150. The van der Waals surface area contributed by atoms with Crippen molar-refractivity contribution in [2.24, 2.45) is 5.92 Å². The molecule has 36 heavy (non-hydrogen) atoms. The Morgan fingerprint density at radius 2 is 2.19 bits per heavy atom. The van der Waals surface area contributed by atoms with Gasteiger partial charge >= 0.3 is 6.03 Å². The summed E-state index contributed by atoms with van der Waals surface area (Å²) in [6.45, 7) is 6.04. The van der Waals surface area contributed by atoms with Gasteiger partial charge in [-0.3, -0.25) is 4.79 Å². The summed E-state index contributed by atoms with van der Waals surface area (Å²) < 4.78 is 19.7. The highest BCUT2D eigenvalue weighted by Gasteiger charge is 2.34. The summed E-state index contributed by atoms with van der Waals surface area (Å²) in [5.74, 6) is 5.31. The molecule has 0 saturated heterocycles. The molecule has 1 aromatic heterocycles. The van der Waals surface area contributed by atoms with Crippen LogP contribution in [0.5, 0.6) is 5.88 Å². The molecule has 192 valence electrons. The number of likely N-dealkylation sites (N-methyl/N-ethyl adjacent to an activating group) is 1. The third kappa shape index (κ3) is 6.73. The summed E-state index contributed by atoms with van der Waals surface area (Å²) in [5.41, 5.74) is 1.21. The van der Waals surface area contributed by atoms with Crippen molar-refractivity contribution in [1.29, 1.82) is 0 Å². The van der Waals surface area contributed by atoms with E-state index in [0.29, 0.717) is 17.8 Å². The first-order chi connectivity index (χ1) is 17.2. The molecule has 1 aromatic carbocycles. The van der Waals surface area contributed by atoms with Gasteiger partial charge in [0.25, 0.3) is 5.91 Å². The fourth-order valence-electron chi connectivity index (χ4n) is 3.82. The van der Waals surface area contributed by atoms with Gasteiger partial charge in [-0.25, -0.2) is 14.2 Å². The van der Waals surface area contributed by atoms with Crippen LogP contribution in [0, 0.1) is 23.6 Å². The van der Waals surface area contributed by atoms with Crippen molar-refractivity contribution in [3.8, 4) is 17.7 Å². The summed E-state index contributed by atoms with van der Waals surface area (Å²) in [6.07, 6.45) is 2.73. The third-order valence-corrected chi connectivity index (χ3v) is 6.01. The Morgan fingerprint density at radius 1 is 1.42 bits per heavy atom. The van der Waals surface area contributed by atoms with Crippen molar-refractivity contribution in [2.45, 2.75) is 45.8 Å². The molecule has 2 aromatic rings. The maximum absolute atomic E-state index is 13.5. The number of rotatable bonds is 6. The Balaban J connectivity index is 1.87. The summed E-state index contributed by atoms with van der Waals surface area (Å²) in [5, 5.41) is 12.5. The molecule has 0 bridgehead atoms. The highest BCUT2D eigenvalue weighted by atomic mass is 19.1. The Hall–Kier alpha value is -3.64. The zero-order chi connectivity index (χ0) is 26.2. The van der Waals surface area contributed by atoms with E-state index < -0.39 is 24.0 Å². The number of amides is 3. The van der Waals surface area contributed by atoms with E-state index in [2.05, 4.69) is 22.1 Å². The molecule has 3 amide bonds. The highest BCUT2D eigenvalue weighted by Crippen LogP contribution is 2.27. The van der Waals surface area contributed by atoms with Gasteiger partial charge in [0.2, 0.25) is 5.88 Å². The van der Waals surface area contributed by atoms with Crippen LogP contribution in [0.3, 0.4) is 0 Å². The fourth-order valence-corrected chi connectivity index (χ4v) is 3.82. The number of nitrogens with zero attached hydrogens (tertiary/aromatic N) is 3. The number of nitrogens with one attached hydrogen (secondary N) is 1. The monoisotopic (exact) mass is 496 g/mol. The average Bonchev–Trinajstić information content (AvgIpc) is 2.86. The van der Waals surface area contributed by atoms with Crippen LogP contribution < -0.4 is 10.1 Å². The molecule has 0 radical (unpaired) electrons. The maximum atomic E-state index is 13.5. The lowest BCUT2D eigenvalue weighted by molar-refractivity contribution is 0.0356. The van der Waals surface area contributed by atoms with Gasteiger partial charge in [-0.2, -0.15) is 0 Å². The topological polar surface area (TPSA) is 95.0 Å². The van der Waals surface area contributed by atoms with Crippen molar-refractivity contribution in [3.63, 3.8) is 0 Å². The number of benzene rings is 1. The molecule has 1 aliphatic rings. The quantitative estimate of drug-likeness (QED) is 0.594. The minimum absolute atomic E-state index is 0.159. The van der Waals surface area contributed by atoms with Gasteiger partial charge in [-0.15, -0.1) is 0 Å². The van der Waals surface area contributed by atoms with Gasteiger partial charge in [-0.05, 0) is 37.6 Å². The minimum atomic E-state index is -0.502. The van der Waals surface area contributed by atoms with Crippen molar-refractivity contribution in [3.05, 3.63) is 53.5 Å². The van der Waals surface area contributed by atoms with Gasteiger partial charge in [0.15, 0.2) is 0 Å². The first-order valence-corrected chi connectivity index (χ1v) is 12.1. The maximum Gasteiger partial charge on any atom is 0.321 e. The first kappa shape index (κ1) is 27.0. The van der Waals surface area contributed by atoms with E-state index in [-0.39, 0.29) is 36.4 Å². The number of fused-ring (bicyclic) bond motifs is 1. The smallest absolute Gasteiger partial charge is 0.321 e. The first-order valence-electron chi connectivity index (χ1n) is 12.1. The number of hydrogen-bond acceptors (Lipinski definition) is 5. The second-order valence-electron chi connectivity index (χ2n) is 9.07. The van der Waals surface area contributed by atoms with Gasteiger partial charge in [0.05, 0.1) is 19.2 Å². The number of anilines is 1. The van der Waals surface area contributed by atoms with Crippen LogP contribution in [-0.4, -0.2) is 70.7 Å². The lowest BCUT2D eigenvalue weighted by atomic mass is 10.00. The molecule has 9 heteroatoms. The van der Waals surface area contributed by atoms with E-state index >= 15 is 0 Å². The Kier molecular flexibility index (Phi) is 9.25. The fraction of sp³-hybridized carbons (Fsp3) is 0.444. The van der Waals surface area contributed by atoms with Crippen LogP contribution in [0.1, 0.15) is 49.5 Å². The SMILES string of the molecule is CCCC#Cc1cnc2c(c1)C(=O)N([C@@H](C)CO)C[C@H](C)[C@H](CN(C)C(=O)Nc1cccc(F)c1)O2. The molecular formula is C27H33FN4O4. The van der Waals surface area contributed by atoms with Gasteiger partial charge in [0, 0.05) is 43.4 Å². The number of ether oxygens (including phenoxy) is 1. The number of unbranched alkanes of at least 4 members (excludes halogenated alkanes) is 1. The number of aliphatic hydroxyl groups excluding tert-OH is 1. The summed E-state index contributed by atoms with van der Waals surface area (Å²) in [6, 6.07) is 6.47. The van der Waals surface area contributed by atoms with Crippen LogP contribution in [0.15, 0.2) is 36.5 Å². The summed E-state index contributed by atoms with van der Waals surface area (Å²) in [4.78, 5) is 33.6. The molecule has 2 heterocycles. The van der Waals surface area contributed by atoms with Crippen LogP contribution in [0.25, 0.3) is 0 Å². The molecule has 0 unspecified atom stereocenters. The average molecular weight is 497 g/mol. The molecule has 3 rings (SSSR count). The molecule has 3 atom stereocenters. The minimum Gasteiger partial charge on any atom is -0.472 e. The van der Waals surface area contributed by atoms with Crippen LogP contribution >= 0.6 is 0 Å². The standard InChI is InChI=1S/C27H33FN4O4/c1-5-6-7-9-20-12-23-25(29-14-20)36-24(18(2)15-32(26(23)34)19(3)17-33)16-31(4)27(35)30-22-11-8-10-21(28)13-22/h8,10-14,18-19,24,33H,5-6,15-17H2,1-4H3,(H,30,35)/t18-,19-,24-/m0/s1. The summed E-state index contributed by atoms with van der Waals surface area (Å²) >= 11 is 0. The zero-order valence-electron chi connectivity index (χ0n) is 21.1. The molecule has 0 aliphatic carbocycles. The number of carbonyl (C=O) groups excluding carboxylic acids is 2. The molecular weight excluding hydrogens is 463 g/mol. The zero-order valence-corrected chi connectivity index (χ0v) is 21.1. The molecule has 1 aliphatic heterocycles.